The van der Waals surface area contributed by atoms with Crippen LogP contribution in [0.5, 0.6) is 0 Å². The van der Waals surface area contributed by atoms with E-state index < -0.39 is 0 Å². The lowest BCUT2D eigenvalue weighted by atomic mass is 10.1. The van der Waals surface area contributed by atoms with E-state index in [0.29, 0.717) is 25.1 Å². The molecule has 1 unspecified atom stereocenters. The fraction of sp³-hybridized carbons (Fsp3) is 0.462. The smallest absolute Gasteiger partial charge is 0.251 e. The Bertz CT molecular complexity index is 366. The van der Waals surface area contributed by atoms with Gasteiger partial charge in [-0.05, 0) is 25.0 Å². The maximum Gasteiger partial charge on any atom is 0.251 e. The van der Waals surface area contributed by atoms with Crippen LogP contribution in [-0.2, 0) is 4.74 Å². The van der Waals surface area contributed by atoms with E-state index in [9.17, 15) is 4.79 Å². The van der Waals surface area contributed by atoms with Crippen LogP contribution in [-0.4, -0.2) is 32.2 Å². The second kappa shape index (κ2) is 7.04. The van der Waals surface area contributed by atoms with Crippen LogP contribution >= 0.6 is 0 Å². The van der Waals surface area contributed by atoms with Gasteiger partial charge in [0.25, 0.3) is 5.91 Å². The minimum atomic E-state index is -0.0484. The van der Waals surface area contributed by atoms with Crippen LogP contribution in [0.4, 0.5) is 0 Å². The summed E-state index contributed by atoms with van der Waals surface area (Å²) in [6.07, 6.45) is 0.714. The summed E-state index contributed by atoms with van der Waals surface area (Å²) >= 11 is 0. The molecule has 0 fully saturated rings. The van der Waals surface area contributed by atoms with E-state index in [1.54, 1.807) is 7.11 Å². The summed E-state index contributed by atoms with van der Waals surface area (Å²) in [6, 6.07) is 7.49. The van der Waals surface area contributed by atoms with Crippen LogP contribution in [0.3, 0.4) is 0 Å². The Hall–Kier alpha value is -1.39. The molecule has 94 valence electrons. The van der Waals surface area contributed by atoms with Crippen LogP contribution in [0, 0.1) is 6.92 Å². The zero-order valence-corrected chi connectivity index (χ0v) is 10.4. The SMILES string of the molecule is COCC(N)CCNC(=O)c1ccccc1C. The van der Waals surface area contributed by atoms with Crippen LogP contribution in [0.2, 0.25) is 0 Å². The van der Waals surface area contributed by atoms with Gasteiger partial charge < -0.3 is 15.8 Å². The monoisotopic (exact) mass is 236 g/mol. The van der Waals surface area contributed by atoms with Crippen molar-refractivity contribution in [2.75, 3.05) is 20.3 Å². The first-order chi connectivity index (χ1) is 8.15. The Morgan fingerprint density at radius 2 is 2.18 bits per heavy atom. The first kappa shape index (κ1) is 13.7. The van der Waals surface area contributed by atoms with Gasteiger partial charge in [-0.25, -0.2) is 0 Å². The summed E-state index contributed by atoms with van der Waals surface area (Å²) < 4.78 is 4.93. The molecule has 4 nitrogen and oxygen atoms in total. The molecular weight excluding hydrogens is 216 g/mol. The number of aryl methyl sites for hydroxylation is 1. The van der Waals surface area contributed by atoms with Gasteiger partial charge in [0.2, 0.25) is 0 Å². The number of nitrogens with one attached hydrogen (secondary N) is 1. The van der Waals surface area contributed by atoms with E-state index in [-0.39, 0.29) is 11.9 Å². The number of ether oxygens (including phenoxy) is 1. The third kappa shape index (κ3) is 4.54. The highest BCUT2D eigenvalue weighted by Crippen LogP contribution is 2.06. The van der Waals surface area contributed by atoms with Gasteiger partial charge in [0.1, 0.15) is 0 Å². The topological polar surface area (TPSA) is 64.3 Å². The van der Waals surface area contributed by atoms with Gasteiger partial charge in [-0.15, -0.1) is 0 Å². The molecule has 0 heterocycles. The number of methoxy groups -OCH3 is 1. The number of rotatable bonds is 6. The first-order valence-corrected chi connectivity index (χ1v) is 5.73. The van der Waals surface area contributed by atoms with Gasteiger partial charge in [-0.2, -0.15) is 0 Å². The maximum absolute atomic E-state index is 11.8. The molecule has 0 radical (unpaired) electrons. The molecule has 0 aliphatic rings. The number of benzene rings is 1. The Morgan fingerprint density at radius 3 is 2.82 bits per heavy atom. The minimum Gasteiger partial charge on any atom is -0.383 e. The van der Waals surface area contributed by atoms with Crippen LogP contribution in [0.15, 0.2) is 24.3 Å². The van der Waals surface area contributed by atoms with Crippen molar-refractivity contribution in [2.24, 2.45) is 5.73 Å². The molecule has 0 saturated heterocycles. The predicted molar refractivity (Wildman–Crippen MR) is 68.0 cm³/mol. The van der Waals surface area contributed by atoms with Crippen molar-refractivity contribution in [1.82, 2.24) is 5.32 Å². The van der Waals surface area contributed by atoms with Gasteiger partial charge in [0, 0.05) is 25.3 Å². The summed E-state index contributed by atoms with van der Waals surface area (Å²) in [7, 11) is 1.62. The molecule has 0 aliphatic carbocycles. The van der Waals surface area contributed by atoms with Crippen molar-refractivity contribution in [3.05, 3.63) is 35.4 Å². The van der Waals surface area contributed by atoms with Crippen LogP contribution in [0.25, 0.3) is 0 Å². The van der Waals surface area contributed by atoms with Gasteiger partial charge in [-0.3, -0.25) is 4.79 Å². The van der Waals surface area contributed by atoms with E-state index in [1.165, 1.54) is 0 Å². The second-order valence-corrected chi connectivity index (χ2v) is 4.07. The highest BCUT2D eigenvalue weighted by atomic mass is 16.5. The Kier molecular flexibility index (Phi) is 5.66. The summed E-state index contributed by atoms with van der Waals surface area (Å²) in [5, 5.41) is 2.85. The normalized spacial score (nSPS) is 12.2. The van der Waals surface area contributed by atoms with Crippen molar-refractivity contribution in [3.63, 3.8) is 0 Å². The van der Waals surface area contributed by atoms with Gasteiger partial charge in [-0.1, -0.05) is 18.2 Å². The quantitative estimate of drug-likeness (QED) is 0.777. The van der Waals surface area contributed by atoms with Gasteiger partial charge in [0.05, 0.1) is 6.61 Å². The molecule has 0 saturated carbocycles. The summed E-state index contributed by atoms with van der Waals surface area (Å²) in [5.41, 5.74) is 7.46. The number of carbonyl (C=O) groups is 1. The average Bonchev–Trinajstić information content (AvgIpc) is 2.29. The molecule has 4 heteroatoms. The molecular formula is C13H20N2O2. The van der Waals surface area contributed by atoms with Gasteiger partial charge in [0.15, 0.2) is 0 Å². The first-order valence-electron chi connectivity index (χ1n) is 5.73. The second-order valence-electron chi connectivity index (χ2n) is 4.07. The molecule has 0 bridgehead atoms. The Balaban J connectivity index is 2.38. The lowest BCUT2D eigenvalue weighted by Crippen LogP contribution is -2.33. The highest BCUT2D eigenvalue weighted by Gasteiger charge is 2.08. The van der Waals surface area contributed by atoms with E-state index in [1.807, 2.05) is 31.2 Å². The molecule has 3 N–H and O–H groups in total. The van der Waals surface area contributed by atoms with Crippen molar-refractivity contribution < 1.29 is 9.53 Å². The van der Waals surface area contributed by atoms with Crippen molar-refractivity contribution >= 4 is 5.91 Å². The van der Waals surface area contributed by atoms with Crippen molar-refractivity contribution in [2.45, 2.75) is 19.4 Å². The minimum absolute atomic E-state index is 0.0304. The molecule has 1 aromatic rings. The molecule has 1 atom stereocenters. The fourth-order valence-corrected chi connectivity index (χ4v) is 1.59. The molecule has 0 aliphatic heterocycles. The number of hydrogen-bond donors (Lipinski definition) is 2. The van der Waals surface area contributed by atoms with Crippen LogP contribution < -0.4 is 11.1 Å². The number of amides is 1. The summed E-state index contributed by atoms with van der Waals surface area (Å²) in [4.78, 5) is 11.8. The third-order valence-corrected chi connectivity index (χ3v) is 2.57. The lowest BCUT2D eigenvalue weighted by molar-refractivity contribution is 0.0949. The van der Waals surface area contributed by atoms with E-state index >= 15 is 0 Å². The third-order valence-electron chi connectivity index (χ3n) is 2.57. The summed E-state index contributed by atoms with van der Waals surface area (Å²) in [5.74, 6) is -0.0484. The molecule has 0 aromatic heterocycles. The lowest BCUT2D eigenvalue weighted by Gasteiger charge is -2.11. The maximum atomic E-state index is 11.8. The fourth-order valence-electron chi connectivity index (χ4n) is 1.59. The molecule has 1 amide bonds. The van der Waals surface area contributed by atoms with Gasteiger partial charge >= 0.3 is 0 Å². The molecule has 1 aromatic carbocycles. The summed E-state index contributed by atoms with van der Waals surface area (Å²) in [6.45, 7) is 3.00. The van der Waals surface area contributed by atoms with Crippen LogP contribution in [0.1, 0.15) is 22.3 Å². The van der Waals surface area contributed by atoms with E-state index in [4.69, 9.17) is 10.5 Å². The van der Waals surface area contributed by atoms with Crippen molar-refractivity contribution in [3.8, 4) is 0 Å². The van der Waals surface area contributed by atoms with Crippen molar-refractivity contribution in [1.29, 1.82) is 0 Å². The zero-order chi connectivity index (χ0) is 12.7. The number of carbonyl (C=O) groups excluding carboxylic acids is 1. The molecule has 17 heavy (non-hydrogen) atoms. The highest BCUT2D eigenvalue weighted by molar-refractivity contribution is 5.95. The standard InChI is InChI=1S/C13H20N2O2/c1-10-5-3-4-6-12(10)13(16)15-8-7-11(14)9-17-2/h3-6,11H,7-9,14H2,1-2H3,(H,15,16). The number of nitrogens with two attached hydrogens (primary N) is 1. The zero-order valence-electron chi connectivity index (χ0n) is 10.4. The number of hydrogen-bond acceptors (Lipinski definition) is 3. The average molecular weight is 236 g/mol. The van der Waals surface area contributed by atoms with E-state index in [0.717, 1.165) is 5.56 Å². The predicted octanol–water partition coefficient (Wildman–Crippen LogP) is 1.09. The van der Waals surface area contributed by atoms with E-state index in [2.05, 4.69) is 5.32 Å². The Labute approximate surface area is 102 Å². The largest absolute Gasteiger partial charge is 0.383 e. The Morgan fingerprint density at radius 1 is 1.47 bits per heavy atom. The molecule has 1 rings (SSSR count). The molecule has 0 spiro atoms.